The minimum Gasteiger partial charge on any atom is -0.467 e. The number of ether oxygens (including phenoxy) is 1. The molecule has 0 bridgehead atoms. The fourth-order valence-corrected chi connectivity index (χ4v) is 2.29. The smallest absolute Gasteiger partial charge is 0.408 e. The van der Waals surface area contributed by atoms with Crippen molar-refractivity contribution in [1.82, 2.24) is 10.6 Å². The average Bonchev–Trinajstić information content (AvgIpc) is 2.97. The van der Waals surface area contributed by atoms with E-state index in [2.05, 4.69) is 10.6 Å². The number of carbonyl (C=O) groups excluding carboxylic acids is 1. The predicted molar refractivity (Wildman–Crippen MR) is 71.8 cm³/mol. The van der Waals surface area contributed by atoms with Gasteiger partial charge >= 0.3 is 6.09 Å². The van der Waals surface area contributed by atoms with Gasteiger partial charge in [0.05, 0.1) is 12.3 Å². The Balaban J connectivity index is 2.04. The van der Waals surface area contributed by atoms with Gasteiger partial charge < -0.3 is 19.8 Å². The Morgan fingerprint density at radius 2 is 2.37 bits per heavy atom. The van der Waals surface area contributed by atoms with Crippen molar-refractivity contribution in [3.8, 4) is 0 Å². The standard InChI is InChI=1S/C14H22N2O3/c1-14(2,3)19-13(17)16-12(10-6-7-15-9-10)11-5-4-8-18-11/h4-5,8,10,12,15H,6-7,9H2,1-3H3,(H,16,17)/t10-,12?/m1/s1. The molecule has 1 saturated heterocycles. The molecule has 0 spiro atoms. The Bertz CT molecular complexity index is 403. The fraction of sp³-hybridized carbons (Fsp3) is 0.643. The van der Waals surface area contributed by atoms with Crippen LogP contribution in [-0.4, -0.2) is 24.8 Å². The first-order valence-electron chi connectivity index (χ1n) is 6.69. The number of furan rings is 1. The number of hydrogen-bond donors (Lipinski definition) is 2. The maximum Gasteiger partial charge on any atom is 0.408 e. The van der Waals surface area contributed by atoms with Gasteiger partial charge in [0.15, 0.2) is 0 Å². The molecule has 106 valence electrons. The molecule has 1 aromatic heterocycles. The van der Waals surface area contributed by atoms with E-state index < -0.39 is 11.7 Å². The van der Waals surface area contributed by atoms with Crippen molar-refractivity contribution in [2.24, 2.45) is 5.92 Å². The van der Waals surface area contributed by atoms with Crippen LogP contribution in [0.5, 0.6) is 0 Å². The number of hydrogen-bond acceptors (Lipinski definition) is 4. The number of rotatable bonds is 3. The molecule has 1 aliphatic rings. The quantitative estimate of drug-likeness (QED) is 0.882. The van der Waals surface area contributed by atoms with Gasteiger partial charge in [0, 0.05) is 12.5 Å². The van der Waals surface area contributed by atoms with Crippen LogP contribution in [0.1, 0.15) is 39.0 Å². The monoisotopic (exact) mass is 266 g/mol. The molecule has 19 heavy (non-hydrogen) atoms. The second-order valence-corrected chi connectivity index (χ2v) is 5.89. The molecule has 2 heterocycles. The highest BCUT2D eigenvalue weighted by Gasteiger charge is 2.30. The van der Waals surface area contributed by atoms with Crippen LogP contribution in [-0.2, 0) is 4.74 Å². The van der Waals surface area contributed by atoms with Crippen LogP contribution in [0.15, 0.2) is 22.8 Å². The molecule has 0 radical (unpaired) electrons. The van der Waals surface area contributed by atoms with Crippen LogP contribution in [0.25, 0.3) is 0 Å². The van der Waals surface area contributed by atoms with Crippen molar-refractivity contribution in [2.75, 3.05) is 13.1 Å². The highest BCUT2D eigenvalue weighted by atomic mass is 16.6. The fourth-order valence-electron chi connectivity index (χ4n) is 2.29. The van der Waals surface area contributed by atoms with Crippen LogP contribution in [0.3, 0.4) is 0 Å². The van der Waals surface area contributed by atoms with Gasteiger partial charge in [-0.3, -0.25) is 0 Å². The van der Waals surface area contributed by atoms with Crippen molar-refractivity contribution in [3.05, 3.63) is 24.2 Å². The molecule has 2 rings (SSSR count). The summed E-state index contributed by atoms with van der Waals surface area (Å²) in [4.78, 5) is 11.9. The third kappa shape index (κ3) is 3.99. The Morgan fingerprint density at radius 3 is 2.89 bits per heavy atom. The summed E-state index contributed by atoms with van der Waals surface area (Å²) in [5, 5.41) is 6.23. The highest BCUT2D eigenvalue weighted by molar-refractivity contribution is 5.68. The molecule has 0 aliphatic carbocycles. The number of alkyl carbamates (subject to hydrolysis) is 1. The molecule has 1 fully saturated rings. The topological polar surface area (TPSA) is 63.5 Å². The van der Waals surface area contributed by atoms with E-state index in [0.717, 1.165) is 25.3 Å². The summed E-state index contributed by atoms with van der Waals surface area (Å²) in [5.41, 5.74) is -0.494. The van der Waals surface area contributed by atoms with Gasteiger partial charge in [-0.2, -0.15) is 0 Å². The van der Waals surface area contributed by atoms with E-state index in [1.165, 1.54) is 0 Å². The van der Waals surface area contributed by atoms with E-state index in [9.17, 15) is 4.79 Å². The van der Waals surface area contributed by atoms with Crippen LogP contribution in [0.4, 0.5) is 4.79 Å². The van der Waals surface area contributed by atoms with Gasteiger partial charge in [-0.05, 0) is 45.9 Å². The second-order valence-electron chi connectivity index (χ2n) is 5.89. The van der Waals surface area contributed by atoms with E-state index in [1.54, 1.807) is 6.26 Å². The van der Waals surface area contributed by atoms with Gasteiger partial charge in [0.25, 0.3) is 0 Å². The Labute approximate surface area is 113 Å². The third-order valence-electron chi connectivity index (χ3n) is 3.09. The minimum atomic E-state index is -0.494. The lowest BCUT2D eigenvalue weighted by Crippen LogP contribution is -2.38. The van der Waals surface area contributed by atoms with Gasteiger partial charge in [-0.1, -0.05) is 0 Å². The van der Waals surface area contributed by atoms with Crippen molar-refractivity contribution in [2.45, 2.75) is 38.8 Å². The first-order chi connectivity index (χ1) is 8.96. The summed E-state index contributed by atoms with van der Waals surface area (Å²) < 4.78 is 10.8. The number of amides is 1. The molecule has 0 aromatic carbocycles. The van der Waals surface area contributed by atoms with E-state index in [1.807, 2.05) is 32.9 Å². The van der Waals surface area contributed by atoms with Crippen LogP contribution in [0.2, 0.25) is 0 Å². The summed E-state index contributed by atoms with van der Waals surface area (Å²) in [6, 6.07) is 3.59. The molecule has 1 aliphatic heterocycles. The molecule has 5 nitrogen and oxygen atoms in total. The van der Waals surface area contributed by atoms with Crippen molar-refractivity contribution in [3.63, 3.8) is 0 Å². The first-order valence-corrected chi connectivity index (χ1v) is 6.69. The lowest BCUT2D eigenvalue weighted by Gasteiger charge is -2.25. The molecular formula is C14H22N2O3. The Kier molecular flexibility index (Phi) is 4.14. The minimum absolute atomic E-state index is 0.139. The molecular weight excluding hydrogens is 244 g/mol. The molecule has 0 saturated carbocycles. The summed E-state index contributed by atoms with van der Waals surface area (Å²) in [6.07, 6.45) is 2.24. The van der Waals surface area contributed by atoms with Gasteiger partial charge in [-0.25, -0.2) is 4.79 Å². The van der Waals surface area contributed by atoms with E-state index in [-0.39, 0.29) is 6.04 Å². The normalized spacial score (nSPS) is 21.1. The molecule has 1 unspecified atom stereocenters. The maximum atomic E-state index is 11.9. The molecule has 2 atom stereocenters. The summed E-state index contributed by atoms with van der Waals surface area (Å²) >= 11 is 0. The maximum absolute atomic E-state index is 11.9. The van der Waals surface area contributed by atoms with Gasteiger partial charge in [0.2, 0.25) is 0 Å². The lowest BCUT2D eigenvalue weighted by molar-refractivity contribution is 0.0479. The lowest BCUT2D eigenvalue weighted by atomic mass is 9.97. The van der Waals surface area contributed by atoms with Crippen molar-refractivity contribution < 1.29 is 13.9 Å². The van der Waals surface area contributed by atoms with Gasteiger partial charge in [-0.15, -0.1) is 0 Å². The highest BCUT2D eigenvalue weighted by Crippen LogP contribution is 2.27. The molecule has 5 heteroatoms. The van der Waals surface area contributed by atoms with Crippen molar-refractivity contribution >= 4 is 6.09 Å². The summed E-state index contributed by atoms with van der Waals surface area (Å²) in [5.74, 6) is 1.11. The third-order valence-corrected chi connectivity index (χ3v) is 3.09. The zero-order valence-corrected chi connectivity index (χ0v) is 11.7. The van der Waals surface area contributed by atoms with Gasteiger partial charge in [0.1, 0.15) is 11.4 Å². The first kappa shape index (κ1) is 13.9. The van der Waals surface area contributed by atoms with E-state index >= 15 is 0 Å². The Morgan fingerprint density at radius 1 is 1.58 bits per heavy atom. The summed E-state index contributed by atoms with van der Waals surface area (Å²) in [6.45, 7) is 7.40. The molecule has 1 amide bonds. The zero-order valence-electron chi connectivity index (χ0n) is 11.7. The Hall–Kier alpha value is -1.49. The van der Waals surface area contributed by atoms with E-state index in [4.69, 9.17) is 9.15 Å². The second kappa shape index (κ2) is 5.65. The van der Waals surface area contributed by atoms with Crippen LogP contribution < -0.4 is 10.6 Å². The number of carbonyl (C=O) groups is 1. The predicted octanol–water partition coefficient (Wildman–Crippen LogP) is 2.45. The van der Waals surface area contributed by atoms with Crippen molar-refractivity contribution in [1.29, 1.82) is 0 Å². The molecule has 1 aromatic rings. The number of nitrogens with one attached hydrogen (secondary N) is 2. The van der Waals surface area contributed by atoms with Crippen LogP contribution >= 0.6 is 0 Å². The zero-order chi connectivity index (χ0) is 13.9. The van der Waals surface area contributed by atoms with Crippen LogP contribution in [0, 0.1) is 5.92 Å². The molecule has 2 N–H and O–H groups in total. The largest absolute Gasteiger partial charge is 0.467 e. The van der Waals surface area contributed by atoms with E-state index in [0.29, 0.717) is 5.92 Å². The average molecular weight is 266 g/mol. The SMILES string of the molecule is CC(C)(C)OC(=O)NC(c1ccco1)[C@@H]1CCNC1. The summed E-state index contributed by atoms with van der Waals surface area (Å²) in [7, 11) is 0.